The summed E-state index contributed by atoms with van der Waals surface area (Å²) in [5.41, 5.74) is 7.59. The quantitative estimate of drug-likeness (QED) is 0.623. The lowest BCUT2D eigenvalue weighted by atomic mass is 9.87. The molecule has 0 aliphatic rings. The summed E-state index contributed by atoms with van der Waals surface area (Å²) >= 11 is 0. The van der Waals surface area contributed by atoms with E-state index in [0.29, 0.717) is 6.04 Å². The van der Waals surface area contributed by atoms with E-state index in [9.17, 15) is 0 Å². The second-order valence-electron chi connectivity index (χ2n) is 5.61. The molecule has 0 saturated heterocycles. The fraction of sp³-hybridized carbons (Fsp3) is 0.500. The van der Waals surface area contributed by atoms with Gasteiger partial charge in [-0.2, -0.15) is 0 Å². The monoisotopic (exact) mass is 233 g/mol. The van der Waals surface area contributed by atoms with Gasteiger partial charge in [0.15, 0.2) is 0 Å². The van der Waals surface area contributed by atoms with Crippen LogP contribution in [0.15, 0.2) is 24.3 Å². The molecule has 0 aliphatic heterocycles. The smallest absolute Gasteiger partial charge is 0.122 e. The molecular formula is C14H23N3. The van der Waals surface area contributed by atoms with Crippen molar-refractivity contribution in [1.29, 1.82) is 5.41 Å². The van der Waals surface area contributed by atoms with E-state index in [-0.39, 0.29) is 11.3 Å². The molecule has 1 aromatic carbocycles. The molecule has 17 heavy (non-hydrogen) atoms. The number of hydrogen-bond donors (Lipinski definition) is 2. The van der Waals surface area contributed by atoms with Gasteiger partial charge in [-0.3, -0.25) is 5.41 Å². The number of amidine groups is 1. The van der Waals surface area contributed by atoms with Crippen LogP contribution in [0.25, 0.3) is 0 Å². The predicted octanol–water partition coefficient (Wildman–Crippen LogP) is 2.84. The third-order valence-corrected chi connectivity index (χ3v) is 3.42. The molecule has 0 radical (unpaired) electrons. The van der Waals surface area contributed by atoms with Crippen LogP contribution in [0.2, 0.25) is 0 Å². The van der Waals surface area contributed by atoms with Gasteiger partial charge in [-0.15, -0.1) is 0 Å². The lowest BCUT2D eigenvalue weighted by molar-refractivity contribution is 0.330. The first-order valence-electron chi connectivity index (χ1n) is 5.91. The van der Waals surface area contributed by atoms with Crippen molar-refractivity contribution >= 4 is 11.5 Å². The van der Waals surface area contributed by atoms with Crippen molar-refractivity contribution in [3.8, 4) is 0 Å². The highest BCUT2D eigenvalue weighted by Gasteiger charge is 2.23. The minimum Gasteiger partial charge on any atom is -0.384 e. The maximum Gasteiger partial charge on any atom is 0.122 e. The van der Waals surface area contributed by atoms with Crippen LogP contribution >= 0.6 is 0 Å². The normalized spacial score (nSPS) is 13.2. The molecule has 0 bridgehead atoms. The van der Waals surface area contributed by atoms with Crippen molar-refractivity contribution in [2.24, 2.45) is 11.1 Å². The Morgan fingerprint density at radius 3 is 2.06 bits per heavy atom. The fourth-order valence-electron chi connectivity index (χ4n) is 1.68. The van der Waals surface area contributed by atoms with E-state index in [1.807, 2.05) is 24.3 Å². The lowest BCUT2D eigenvalue weighted by Gasteiger charge is -2.37. The van der Waals surface area contributed by atoms with Crippen LogP contribution in [-0.2, 0) is 0 Å². The fourth-order valence-corrected chi connectivity index (χ4v) is 1.68. The molecule has 0 fully saturated rings. The van der Waals surface area contributed by atoms with Crippen molar-refractivity contribution in [3.63, 3.8) is 0 Å². The first-order valence-corrected chi connectivity index (χ1v) is 5.91. The average Bonchev–Trinajstić information content (AvgIpc) is 2.26. The Bertz CT molecular complexity index is 387. The van der Waals surface area contributed by atoms with E-state index in [1.165, 1.54) is 0 Å². The van der Waals surface area contributed by atoms with Crippen LogP contribution in [0.1, 0.15) is 33.3 Å². The highest BCUT2D eigenvalue weighted by Crippen LogP contribution is 2.27. The molecule has 3 nitrogen and oxygen atoms in total. The van der Waals surface area contributed by atoms with Gasteiger partial charge in [0.2, 0.25) is 0 Å². The number of hydrogen-bond acceptors (Lipinski definition) is 2. The zero-order valence-corrected chi connectivity index (χ0v) is 11.4. The maximum atomic E-state index is 7.36. The Morgan fingerprint density at radius 1 is 1.24 bits per heavy atom. The minimum atomic E-state index is 0.114. The molecule has 1 aromatic rings. The minimum absolute atomic E-state index is 0.114. The van der Waals surface area contributed by atoms with Crippen molar-refractivity contribution in [3.05, 3.63) is 29.8 Å². The Hall–Kier alpha value is -1.51. The number of nitrogens with zero attached hydrogens (tertiary/aromatic N) is 1. The first kappa shape index (κ1) is 13.6. The zero-order valence-electron chi connectivity index (χ0n) is 11.4. The highest BCUT2D eigenvalue weighted by molar-refractivity contribution is 5.95. The summed E-state index contributed by atoms with van der Waals surface area (Å²) in [6, 6.07) is 8.25. The molecule has 0 aliphatic carbocycles. The molecular weight excluding hydrogens is 210 g/mol. The molecule has 1 atom stereocenters. The highest BCUT2D eigenvalue weighted by atomic mass is 15.1. The zero-order chi connectivity index (χ0) is 13.2. The molecule has 0 amide bonds. The average molecular weight is 233 g/mol. The summed E-state index contributed by atoms with van der Waals surface area (Å²) in [6.07, 6.45) is 0. The summed E-state index contributed by atoms with van der Waals surface area (Å²) in [7, 11) is 2.10. The Balaban J connectivity index is 2.90. The second-order valence-corrected chi connectivity index (χ2v) is 5.61. The third kappa shape index (κ3) is 3.22. The molecule has 1 unspecified atom stereocenters. The number of nitrogens with one attached hydrogen (secondary N) is 1. The van der Waals surface area contributed by atoms with E-state index < -0.39 is 0 Å². The summed E-state index contributed by atoms with van der Waals surface area (Å²) < 4.78 is 0. The molecule has 94 valence electrons. The SMILES string of the molecule is CC(N(C)c1ccc(C(=N)N)cc1)C(C)(C)C. The summed E-state index contributed by atoms with van der Waals surface area (Å²) in [5.74, 6) is 0.114. The van der Waals surface area contributed by atoms with Crippen molar-refractivity contribution < 1.29 is 0 Å². The standard InChI is InChI=1S/C14H23N3/c1-10(14(2,3)4)17(5)12-8-6-11(7-9-12)13(15)16/h6-10H,1-5H3,(H3,15,16). The topological polar surface area (TPSA) is 53.1 Å². The predicted molar refractivity (Wildman–Crippen MR) is 74.8 cm³/mol. The van der Waals surface area contributed by atoms with Crippen LogP contribution in [0, 0.1) is 10.8 Å². The number of nitrogens with two attached hydrogens (primary N) is 1. The van der Waals surface area contributed by atoms with Gasteiger partial charge >= 0.3 is 0 Å². The van der Waals surface area contributed by atoms with Gasteiger partial charge in [0.1, 0.15) is 5.84 Å². The molecule has 0 saturated carbocycles. The summed E-state index contributed by atoms with van der Waals surface area (Å²) in [6.45, 7) is 8.92. The van der Waals surface area contributed by atoms with Gasteiger partial charge in [0.05, 0.1) is 0 Å². The third-order valence-electron chi connectivity index (χ3n) is 3.42. The number of rotatable bonds is 3. The number of nitrogen functional groups attached to an aromatic ring is 1. The van der Waals surface area contributed by atoms with E-state index in [2.05, 4.69) is 39.6 Å². The number of anilines is 1. The largest absolute Gasteiger partial charge is 0.384 e. The second kappa shape index (κ2) is 4.78. The summed E-state index contributed by atoms with van der Waals surface area (Å²) in [4.78, 5) is 2.25. The molecule has 0 heterocycles. The Kier molecular flexibility index (Phi) is 3.81. The van der Waals surface area contributed by atoms with E-state index >= 15 is 0 Å². The molecule has 0 spiro atoms. The van der Waals surface area contributed by atoms with E-state index in [0.717, 1.165) is 11.3 Å². The maximum absolute atomic E-state index is 7.36. The van der Waals surface area contributed by atoms with E-state index in [1.54, 1.807) is 0 Å². The van der Waals surface area contributed by atoms with Gasteiger partial charge in [-0.1, -0.05) is 20.8 Å². The molecule has 3 N–H and O–H groups in total. The molecule has 1 rings (SSSR count). The van der Waals surface area contributed by atoms with Crippen LogP contribution < -0.4 is 10.6 Å². The van der Waals surface area contributed by atoms with Gasteiger partial charge in [0.25, 0.3) is 0 Å². The van der Waals surface area contributed by atoms with Gasteiger partial charge in [-0.05, 0) is 36.6 Å². The molecule has 0 aromatic heterocycles. The Morgan fingerprint density at radius 2 is 1.71 bits per heavy atom. The van der Waals surface area contributed by atoms with Crippen LogP contribution in [0.4, 0.5) is 5.69 Å². The molecule has 3 heteroatoms. The van der Waals surface area contributed by atoms with Crippen LogP contribution in [0.3, 0.4) is 0 Å². The Labute approximate surface area is 104 Å². The van der Waals surface area contributed by atoms with Crippen molar-refractivity contribution in [1.82, 2.24) is 0 Å². The number of benzene rings is 1. The van der Waals surface area contributed by atoms with Gasteiger partial charge < -0.3 is 10.6 Å². The van der Waals surface area contributed by atoms with Crippen molar-refractivity contribution in [2.75, 3.05) is 11.9 Å². The van der Waals surface area contributed by atoms with Crippen LogP contribution in [-0.4, -0.2) is 18.9 Å². The van der Waals surface area contributed by atoms with Crippen molar-refractivity contribution in [2.45, 2.75) is 33.7 Å². The van der Waals surface area contributed by atoms with Gasteiger partial charge in [0, 0.05) is 24.3 Å². The summed E-state index contributed by atoms with van der Waals surface area (Å²) in [5, 5.41) is 7.36. The van der Waals surface area contributed by atoms with Gasteiger partial charge in [-0.25, -0.2) is 0 Å². The van der Waals surface area contributed by atoms with Crippen LogP contribution in [0.5, 0.6) is 0 Å². The lowest BCUT2D eigenvalue weighted by Crippen LogP contribution is -2.39. The van der Waals surface area contributed by atoms with E-state index in [4.69, 9.17) is 11.1 Å². The first-order chi connectivity index (χ1) is 7.73.